The Kier molecular flexibility index (Phi) is 8.13. The Balaban J connectivity index is 1.32. The van der Waals surface area contributed by atoms with Crippen LogP contribution in [0.25, 0.3) is 5.52 Å². The van der Waals surface area contributed by atoms with Crippen LogP contribution in [0.1, 0.15) is 44.2 Å². The van der Waals surface area contributed by atoms with Crippen LogP contribution in [-0.4, -0.2) is 83.1 Å². The van der Waals surface area contributed by atoms with Gasteiger partial charge in [-0.3, -0.25) is 14.4 Å². The fourth-order valence-corrected chi connectivity index (χ4v) is 6.15. The molecule has 0 aliphatic carbocycles. The van der Waals surface area contributed by atoms with Crippen molar-refractivity contribution >= 4 is 34.8 Å². The van der Waals surface area contributed by atoms with Gasteiger partial charge in [-0.15, -0.1) is 0 Å². The van der Waals surface area contributed by atoms with Crippen molar-refractivity contribution in [3.63, 3.8) is 0 Å². The van der Waals surface area contributed by atoms with Crippen molar-refractivity contribution < 1.29 is 28.2 Å². The summed E-state index contributed by atoms with van der Waals surface area (Å²) in [6, 6.07) is 12.6. The SMILES string of the molecule is COc1ccc2cc1OCCCN(C(=O)c1cc(Cl)ccc1F)CC(=O)N[C@H]1CN(C(=O)c3cnn4cccc(C)c34)C[C@H]21. The van der Waals surface area contributed by atoms with Crippen LogP contribution in [0, 0.1) is 12.7 Å². The van der Waals surface area contributed by atoms with Gasteiger partial charge in [0.1, 0.15) is 5.82 Å². The second-order valence-electron chi connectivity index (χ2n) is 11.0. The molecule has 0 unspecified atom stereocenters. The summed E-state index contributed by atoms with van der Waals surface area (Å²) in [5.74, 6) is -1.25. The fourth-order valence-electron chi connectivity index (χ4n) is 5.98. The zero-order chi connectivity index (χ0) is 31.0. The maximum Gasteiger partial charge on any atom is 0.257 e. The van der Waals surface area contributed by atoms with Crippen LogP contribution in [0.15, 0.2) is 60.9 Å². The highest BCUT2D eigenvalue weighted by Crippen LogP contribution is 2.36. The number of amides is 3. The van der Waals surface area contributed by atoms with Gasteiger partial charge >= 0.3 is 0 Å². The van der Waals surface area contributed by atoms with E-state index in [2.05, 4.69) is 10.4 Å². The van der Waals surface area contributed by atoms with Crippen LogP contribution in [0.5, 0.6) is 11.5 Å². The van der Waals surface area contributed by atoms with Crippen LogP contribution < -0.4 is 14.8 Å². The summed E-state index contributed by atoms with van der Waals surface area (Å²) in [5.41, 5.74) is 2.77. The summed E-state index contributed by atoms with van der Waals surface area (Å²) in [6.07, 6.45) is 3.73. The quantitative estimate of drug-likeness (QED) is 0.370. The number of methoxy groups -OCH3 is 1. The maximum absolute atomic E-state index is 14.6. The average Bonchev–Trinajstić information content (AvgIpc) is 3.64. The van der Waals surface area contributed by atoms with Crippen LogP contribution >= 0.6 is 11.6 Å². The smallest absolute Gasteiger partial charge is 0.257 e. The molecule has 3 amide bonds. The highest BCUT2D eigenvalue weighted by Gasteiger charge is 2.39. The van der Waals surface area contributed by atoms with Crippen LogP contribution in [0.3, 0.4) is 0 Å². The van der Waals surface area contributed by atoms with Crippen molar-refractivity contribution in [2.45, 2.75) is 25.3 Å². The van der Waals surface area contributed by atoms with Gasteiger partial charge < -0.3 is 24.6 Å². The van der Waals surface area contributed by atoms with Gasteiger partial charge in [-0.25, -0.2) is 8.91 Å². The van der Waals surface area contributed by atoms with E-state index in [0.717, 1.165) is 22.7 Å². The molecule has 228 valence electrons. The predicted octanol–water partition coefficient (Wildman–Crippen LogP) is 4.09. The van der Waals surface area contributed by atoms with E-state index in [-0.39, 0.29) is 48.7 Å². The number of pyridine rings is 1. The minimum absolute atomic E-state index is 0.132. The Hall–Kier alpha value is -4.64. The number of halogens is 2. The van der Waals surface area contributed by atoms with E-state index in [0.29, 0.717) is 30.0 Å². The van der Waals surface area contributed by atoms with E-state index < -0.39 is 23.7 Å². The largest absolute Gasteiger partial charge is 0.493 e. The second-order valence-corrected chi connectivity index (χ2v) is 11.4. The Labute approximate surface area is 258 Å². The molecule has 10 nitrogen and oxygen atoms in total. The number of fused-ring (bicyclic) bond motifs is 5. The number of carbonyl (C=O) groups is 3. The fraction of sp³-hybridized carbons (Fsp3) is 0.312. The lowest BCUT2D eigenvalue weighted by molar-refractivity contribution is -0.122. The lowest BCUT2D eigenvalue weighted by Gasteiger charge is -2.25. The summed E-state index contributed by atoms with van der Waals surface area (Å²) < 4.78 is 27.9. The van der Waals surface area contributed by atoms with Crippen molar-refractivity contribution in [1.29, 1.82) is 0 Å². The summed E-state index contributed by atoms with van der Waals surface area (Å²) in [5, 5.41) is 7.62. The first-order valence-corrected chi connectivity index (χ1v) is 14.7. The third kappa shape index (κ3) is 5.67. The molecule has 2 atom stereocenters. The van der Waals surface area contributed by atoms with E-state index in [4.69, 9.17) is 21.1 Å². The van der Waals surface area contributed by atoms with Crippen LogP contribution in [0.2, 0.25) is 5.02 Å². The molecule has 0 spiro atoms. The first-order valence-electron chi connectivity index (χ1n) is 14.3. The zero-order valence-corrected chi connectivity index (χ0v) is 25.0. The second kappa shape index (κ2) is 12.2. The lowest BCUT2D eigenvalue weighted by Crippen LogP contribution is -2.47. The third-order valence-corrected chi connectivity index (χ3v) is 8.39. The number of likely N-dealkylation sites (tertiary alicyclic amines) is 1. The van der Waals surface area contributed by atoms with Gasteiger partial charge in [0.05, 0.1) is 49.1 Å². The Morgan fingerprint density at radius 3 is 2.73 bits per heavy atom. The summed E-state index contributed by atoms with van der Waals surface area (Å²) >= 11 is 6.05. The lowest BCUT2D eigenvalue weighted by atomic mass is 9.94. The molecular weight excluding hydrogens is 589 g/mol. The normalized spacial score (nSPS) is 18.9. The third-order valence-electron chi connectivity index (χ3n) is 8.15. The molecule has 2 aliphatic rings. The van der Waals surface area contributed by atoms with Gasteiger partial charge in [0.2, 0.25) is 5.91 Å². The van der Waals surface area contributed by atoms with E-state index >= 15 is 0 Å². The number of aromatic nitrogens is 2. The van der Waals surface area contributed by atoms with Crippen LogP contribution in [0.4, 0.5) is 4.39 Å². The molecule has 2 aromatic heterocycles. The number of aryl methyl sites for hydroxylation is 1. The van der Waals surface area contributed by atoms with Gasteiger partial charge in [-0.2, -0.15) is 5.10 Å². The highest BCUT2D eigenvalue weighted by molar-refractivity contribution is 6.31. The van der Waals surface area contributed by atoms with Gasteiger partial charge in [0, 0.05) is 36.8 Å². The molecular formula is C32H31ClFN5O5. The minimum Gasteiger partial charge on any atom is -0.493 e. The number of nitrogens with one attached hydrogen (secondary N) is 1. The van der Waals surface area contributed by atoms with Gasteiger partial charge in [-0.1, -0.05) is 23.7 Å². The van der Waals surface area contributed by atoms with E-state index in [1.807, 2.05) is 31.2 Å². The molecule has 2 aromatic carbocycles. The number of benzene rings is 2. The monoisotopic (exact) mass is 619 g/mol. The van der Waals surface area contributed by atoms with Crippen molar-refractivity contribution in [2.24, 2.45) is 0 Å². The van der Waals surface area contributed by atoms with E-state index in [9.17, 15) is 18.8 Å². The van der Waals surface area contributed by atoms with Gasteiger partial charge in [0.25, 0.3) is 11.8 Å². The molecule has 4 aromatic rings. The molecule has 44 heavy (non-hydrogen) atoms. The van der Waals surface area contributed by atoms with Crippen molar-refractivity contribution in [3.8, 4) is 11.5 Å². The molecule has 4 heterocycles. The van der Waals surface area contributed by atoms with Crippen molar-refractivity contribution in [2.75, 3.05) is 39.9 Å². The van der Waals surface area contributed by atoms with Crippen molar-refractivity contribution in [3.05, 3.63) is 94.0 Å². The molecule has 0 radical (unpaired) electrons. The minimum atomic E-state index is -0.729. The van der Waals surface area contributed by atoms with Crippen molar-refractivity contribution in [1.82, 2.24) is 24.7 Å². The Bertz CT molecular complexity index is 1760. The van der Waals surface area contributed by atoms with E-state index in [1.165, 1.54) is 17.0 Å². The highest BCUT2D eigenvalue weighted by atomic mass is 35.5. The summed E-state index contributed by atoms with van der Waals surface area (Å²) in [6.45, 7) is 2.53. The first kappa shape index (κ1) is 29.4. The molecule has 0 saturated carbocycles. The van der Waals surface area contributed by atoms with E-state index in [1.54, 1.807) is 35.0 Å². The number of hydrogen-bond donors (Lipinski definition) is 1. The molecule has 1 N–H and O–H groups in total. The number of rotatable bonds is 3. The Morgan fingerprint density at radius 1 is 1.09 bits per heavy atom. The number of hydrogen-bond acceptors (Lipinski definition) is 6. The average molecular weight is 620 g/mol. The number of carbonyl (C=O) groups excluding carboxylic acids is 3. The maximum atomic E-state index is 14.6. The zero-order valence-electron chi connectivity index (χ0n) is 24.3. The predicted molar refractivity (Wildman–Crippen MR) is 161 cm³/mol. The topological polar surface area (TPSA) is 105 Å². The molecule has 6 rings (SSSR count). The van der Waals surface area contributed by atoms with Gasteiger partial charge in [0.15, 0.2) is 11.5 Å². The summed E-state index contributed by atoms with van der Waals surface area (Å²) in [4.78, 5) is 43.8. The Morgan fingerprint density at radius 2 is 1.91 bits per heavy atom. The van der Waals surface area contributed by atoms with Gasteiger partial charge in [-0.05, 0) is 60.9 Å². The molecule has 2 bridgehead atoms. The first-order chi connectivity index (χ1) is 21.2. The molecule has 1 fully saturated rings. The van der Waals surface area contributed by atoms with Crippen LogP contribution in [-0.2, 0) is 4.79 Å². The number of nitrogens with zero attached hydrogens (tertiary/aromatic N) is 4. The number of ether oxygens (including phenoxy) is 2. The molecule has 12 heteroatoms. The summed E-state index contributed by atoms with van der Waals surface area (Å²) in [7, 11) is 1.55. The molecule has 2 aliphatic heterocycles. The standard InChI is InChI=1S/C32H31ClFN5O5/c1-19-5-3-11-39-30(19)23(15-35-39)32(42)38-16-24-20-6-9-27(43-2)28(13-20)44-12-4-10-37(18-29(40)36-26(24)17-38)31(41)22-14-21(33)7-8-25(22)34/h3,5-9,11,13-15,24,26H,4,10,12,16-18H2,1-2H3,(H,36,40)/t24-,26+/m1/s1. The molecule has 1 saturated heterocycles.